The van der Waals surface area contributed by atoms with E-state index in [4.69, 9.17) is 28.3 Å². The molecule has 2 unspecified atom stereocenters. The zero-order valence-electron chi connectivity index (χ0n) is 8.80. The highest BCUT2D eigenvalue weighted by Gasteiger charge is 2.24. The molecule has 0 saturated heterocycles. The van der Waals surface area contributed by atoms with Gasteiger partial charge in [0.05, 0.1) is 10.0 Å². The summed E-state index contributed by atoms with van der Waals surface area (Å²) in [5.74, 6) is 0. The van der Waals surface area contributed by atoms with Gasteiger partial charge in [0.2, 0.25) is 0 Å². The molecule has 0 radical (unpaired) electrons. The Hall–Kier alpha value is -0.370. The average molecular weight is 300 g/mol. The van der Waals surface area contributed by atoms with E-state index in [1.54, 1.807) is 12.1 Å². The Labute approximate surface area is 109 Å². The Bertz CT molecular complexity index is 506. The van der Waals surface area contributed by atoms with Crippen LogP contribution in [0.1, 0.15) is 18.6 Å². The van der Waals surface area contributed by atoms with Crippen molar-refractivity contribution < 1.29 is 17.7 Å². The maximum Gasteiger partial charge on any atom is 0.333 e. The zero-order valence-corrected chi connectivity index (χ0v) is 11.1. The molecule has 5 nitrogen and oxygen atoms in total. The number of nitrogens with two attached hydrogens (primary N) is 1. The van der Waals surface area contributed by atoms with Crippen LogP contribution in [0.3, 0.4) is 0 Å². The van der Waals surface area contributed by atoms with Crippen LogP contribution in [0.15, 0.2) is 18.2 Å². The van der Waals surface area contributed by atoms with Gasteiger partial charge in [-0.3, -0.25) is 4.18 Å². The average Bonchev–Trinajstić information content (AvgIpc) is 2.18. The largest absolute Gasteiger partial charge is 0.386 e. The number of hydrogen-bond donors (Lipinski definition) is 2. The summed E-state index contributed by atoms with van der Waals surface area (Å²) in [6, 6.07) is 4.64. The highest BCUT2D eigenvalue weighted by Crippen LogP contribution is 2.32. The van der Waals surface area contributed by atoms with Crippen LogP contribution in [-0.2, 0) is 14.5 Å². The normalized spacial score (nSPS) is 15.6. The first-order valence-electron chi connectivity index (χ1n) is 4.55. The van der Waals surface area contributed by atoms with Gasteiger partial charge in [-0.1, -0.05) is 35.3 Å². The Morgan fingerprint density at radius 3 is 2.53 bits per heavy atom. The standard InChI is InChI=1S/C9H11Cl2NO4S/c1-5(16-17(12,14)15)9(13)6-3-2-4-7(10)8(6)11/h2-5,9,13H,1H3,(H2,12,14,15). The van der Waals surface area contributed by atoms with Gasteiger partial charge in [0.15, 0.2) is 0 Å². The maximum absolute atomic E-state index is 10.7. The van der Waals surface area contributed by atoms with Gasteiger partial charge < -0.3 is 5.11 Å². The quantitative estimate of drug-likeness (QED) is 0.884. The lowest BCUT2D eigenvalue weighted by Gasteiger charge is -2.19. The minimum Gasteiger partial charge on any atom is -0.386 e. The Morgan fingerprint density at radius 2 is 2.00 bits per heavy atom. The van der Waals surface area contributed by atoms with E-state index in [0.717, 1.165) is 0 Å². The molecule has 2 atom stereocenters. The zero-order chi connectivity index (χ0) is 13.2. The molecule has 3 N–H and O–H groups in total. The van der Waals surface area contributed by atoms with Crippen molar-refractivity contribution in [2.24, 2.45) is 5.14 Å². The highest BCUT2D eigenvalue weighted by atomic mass is 35.5. The number of hydrogen-bond acceptors (Lipinski definition) is 4. The summed E-state index contributed by atoms with van der Waals surface area (Å²) in [7, 11) is -4.14. The fourth-order valence-corrected chi connectivity index (χ4v) is 2.21. The Morgan fingerprint density at radius 1 is 1.41 bits per heavy atom. The van der Waals surface area contributed by atoms with Crippen LogP contribution < -0.4 is 5.14 Å². The first-order valence-corrected chi connectivity index (χ1v) is 6.78. The fourth-order valence-electron chi connectivity index (χ4n) is 1.27. The molecule has 0 fully saturated rings. The van der Waals surface area contributed by atoms with Gasteiger partial charge in [-0.2, -0.15) is 8.42 Å². The molecule has 8 heteroatoms. The monoisotopic (exact) mass is 299 g/mol. The second kappa shape index (κ2) is 5.51. The van der Waals surface area contributed by atoms with E-state index < -0.39 is 22.5 Å². The van der Waals surface area contributed by atoms with E-state index in [2.05, 4.69) is 4.18 Å². The molecular weight excluding hydrogens is 289 g/mol. The second-order valence-electron chi connectivity index (χ2n) is 3.38. The summed E-state index contributed by atoms with van der Waals surface area (Å²) in [4.78, 5) is 0. The number of aliphatic hydroxyl groups is 1. The molecule has 0 aliphatic carbocycles. The SMILES string of the molecule is CC(OS(N)(=O)=O)C(O)c1cccc(Cl)c1Cl. The molecule has 96 valence electrons. The van der Waals surface area contributed by atoms with E-state index in [0.29, 0.717) is 0 Å². The Kier molecular flexibility index (Phi) is 4.77. The third-order valence-corrected chi connectivity index (χ3v) is 3.44. The van der Waals surface area contributed by atoms with Crippen LogP contribution in [0.4, 0.5) is 0 Å². The topological polar surface area (TPSA) is 89.6 Å². The molecule has 0 heterocycles. The van der Waals surface area contributed by atoms with E-state index >= 15 is 0 Å². The number of benzene rings is 1. The van der Waals surface area contributed by atoms with Crippen LogP contribution in [-0.4, -0.2) is 19.6 Å². The number of rotatable bonds is 4. The molecule has 0 bridgehead atoms. The van der Waals surface area contributed by atoms with Gasteiger partial charge in [0.1, 0.15) is 12.2 Å². The van der Waals surface area contributed by atoms with Crippen LogP contribution in [0.25, 0.3) is 0 Å². The van der Waals surface area contributed by atoms with Crippen LogP contribution in [0.5, 0.6) is 0 Å². The summed E-state index contributed by atoms with van der Waals surface area (Å²) in [5, 5.41) is 15.0. The van der Waals surface area contributed by atoms with Crippen molar-refractivity contribution in [2.45, 2.75) is 19.1 Å². The minimum atomic E-state index is -4.14. The molecule has 1 aromatic rings. The van der Waals surface area contributed by atoms with Gasteiger partial charge in [0.25, 0.3) is 0 Å². The Balaban J connectivity index is 2.96. The lowest BCUT2D eigenvalue weighted by molar-refractivity contribution is 0.0509. The summed E-state index contributed by atoms with van der Waals surface area (Å²) in [5.41, 5.74) is 0.273. The molecule has 1 rings (SSSR count). The van der Waals surface area contributed by atoms with Crippen molar-refractivity contribution >= 4 is 33.5 Å². The van der Waals surface area contributed by atoms with E-state index in [1.165, 1.54) is 13.0 Å². The van der Waals surface area contributed by atoms with Crippen LogP contribution in [0.2, 0.25) is 10.0 Å². The van der Waals surface area contributed by atoms with Gasteiger partial charge in [-0.15, -0.1) is 0 Å². The maximum atomic E-state index is 10.7. The third kappa shape index (κ3) is 4.09. The first kappa shape index (κ1) is 14.7. The molecule has 0 saturated carbocycles. The van der Waals surface area contributed by atoms with E-state index in [-0.39, 0.29) is 15.6 Å². The summed E-state index contributed by atoms with van der Waals surface area (Å²) >= 11 is 11.6. The third-order valence-electron chi connectivity index (χ3n) is 2.03. The van der Waals surface area contributed by atoms with Crippen LogP contribution >= 0.6 is 23.2 Å². The van der Waals surface area contributed by atoms with Crippen molar-refractivity contribution in [3.05, 3.63) is 33.8 Å². The number of halogens is 2. The summed E-state index contributed by atoms with van der Waals surface area (Å²) in [6.45, 7) is 1.35. The van der Waals surface area contributed by atoms with Gasteiger partial charge >= 0.3 is 10.3 Å². The van der Waals surface area contributed by atoms with Gasteiger partial charge in [-0.25, -0.2) is 5.14 Å². The van der Waals surface area contributed by atoms with E-state index in [9.17, 15) is 13.5 Å². The van der Waals surface area contributed by atoms with E-state index in [1.807, 2.05) is 0 Å². The molecule has 1 aromatic carbocycles. The molecule has 0 spiro atoms. The molecule has 17 heavy (non-hydrogen) atoms. The molecule has 0 aromatic heterocycles. The lowest BCUT2D eigenvalue weighted by Crippen LogP contribution is -2.27. The van der Waals surface area contributed by atoms with Crippen LogP contribution in [0, 0.1) is 0 Å². The fraction of sp³-hybridized carbons (Fsp3) is 0.333. The van der Waals surface area contributed by atoms with Crippen molar-refractivity contribution in [1.82, 2.24) is 0 Å². The predicted molar refractivity (Wildman–Crippen MR) is 65.1 cm³/mol. The van der Waals surface area contributed by atoms with Crippen molar-refractivity contribution in [3.8, 4) is 0 Å². The predicted octanol–water partition coefficient (Wildman–Crippen LogP) is 1.64. The number of aliphatic hydroxyl groups excluding tert-OH is 1. The van der Waals surface area contributed by atoms with Crippen molar-refractivity contribution in [2.75, 3.05) is 0 Å². The minimum absolute atomic E-state index is 0.145. The molecular formula is C9H11Cl2NO4S. The lowest BCUT2D eigenvalue weighted by atomic mass is 10.1. The second-order valence-corrected chi connectivity index (χ2v) is 5.35. The van der Waals surface area contributed by atoms with Crippen molar-refractivity contribution in [3.63, 3.8) is 0 Å². The molecule has 0 amide bonds. The van der Waals surface area contributed by atoms with Gasteiger partial charge in [0, 0.05) is 5.56 Å². The molecule has 0 aliphatic rings. The first-order chi connectivity index (χ1) is 7.72. The highest BCUT2D eigenvalue weighted by molar-refractivity contribution is 7.84. The molecule has 0 aliphatic heterocycles. The van der Waals surface area contributed by atoms with Crippen molar-refractivity contribution in [1.29, 1.82) is 0 Å². The smallest absolute Gasteiger partial charge is 0.333 e. The summed E-state index contributed by atoms with van der Waals surface area (Å²) in [6.07, 6.45) is -2.32. The van der Waals surface area contributed by atoms with Gasteiger partial charge in [-0.05, 0) is 13.0 Å². The summed E-state index contributed by atoms with van der Waals surface area (Å²) < 4.78 is 25.9.